The Balaban J connectivity index is 1.75. The SMILES string of the molecule is Cn1cc(CN2CCNCC23CCCCC3)cn1. The van der Waals surface area contributed by atoms with Crippen molar-refractivity contribution in [3.05, 3.63) is 18.0 Å². The van der Waals surface area contributed by atoms with Gasteiger partial charge in [0.15, 0.2) is 0 Å². The Hall–Kier alpha value is -0.870. The zero-order chi connectivity index (χ0) is 12.4. The van der Waals surface area contributed by atoms with Gasteiger partial charge in [-0.1, -0.05) is 19.3 Å². The third-order valence-corrected chi connectivity index (χ3v) is 4.60. The molecule has 18 heavy (non-hydrogen) atoms. The number of hydrogen-bond acceptors (Lipinski definition) is 3. The van der Waals surface area contributed by atoms with Crippen LogP contribution in [0.4, 0.5) is 0 Å². The average Bonchev–Trinajstić information content (AvgIpc) is 2.79. The summed E-state index contributed by atoms with van der Waals surface area (Å²) in [5.74, 6) is 0. The summed E-state index contributed by atoms with van der Waals surface area (Å²) in [5.41, 5.74) is 1.77. The van der Waals surface area contributed by atoms with Gasteiger partial charge < -0.3 is 5.32 Å². The second-order valence-electron chi connectivity index (χ2n) is 5.91. The topological polar surface area (TPSA) is 33.1 Å². The van der Waals surface area contributed by atoms with Crippen LogP contribution in [0.1, 0.15) is 37.7 Å². The summed E-state index contributed by atoms with van der Waals surface area (Å²) in [5, 5.41) is 7.89. The minimum Gasteiger partial charge on any atom is -0.314 e. The van der Waals surface area contributed by atoms with E-state index in [2.05, 4.69) is 21.5 Å². The molecule has 1 aromatic heterocycles. The lowest BCUT2D eigenvalue weighted by molar-refractivity contribution is 0.0209. The van der Waals surface area contributed by atoms with Gasteiger partial charge in [0.1, 0.15) is 0 Å². The summed E-state index contributed by atoms with van der Waals surface area (Å²) in [6, 6.07) is 0. The highest BCUT2D eigenvalue weighted by Gasteiger charge is 2.39. The number of nitrogens with zero attached hydrogens (tertiary/aromatic N) is 3. The average molecular weight is 248 g/mol. The molecule has 1 saturated heterocycles. The summed E-state index contributed by atoms with van der Waals surface area (Å²) < 4.78 is 1.91. The Bertz CT molecular complexity index is 384. The molecule has 4 heteroatoms. The Morgan fingerprint density at radius 2 is 2.17 bits per heavy atom. The maximum Gasteiger partial charge on any atom is 0.0534 e. The summed E-state index contributed by atoms with van der Waals surface area (Å²) in [6.07, 6.45) is 11.1. The monoisotopic (exact) mass is 248 g/mol. The Labute approximate surface area is 109 Å². The number of aromatic nitrogens is 2. The first kappa shape index (κ1) is 12.2. The molecule has 100 valence electrons. The molecule has 0 radical (unpaired) electrons. The minimum absolute atomic E-state index is 0.423. The van der Waals surface area contributed by atoms with Crippen LogP contribution in [0.5, 0.6) is 0 Å². The maximum atomic E-state index is 4.29. The van der Waals surface area contributed by atoms with Crippen molar-refractivity contribution in [3.63, 3.8) is 0 Å². The molecule has 0 bridgehead atoms. The zero-order valence-corrected chi connectivity index (χ0v) is 11.4. The normalized spacial score (nSPS) is 24.5. The molecule has 2 heterocycles. The zero-order valence-electron chi connectivity index (χ0n) is 11.4. The van der Waals surface area contributed by atoms with Gasteiger partial charge in [-0.15, -0.1) is 0 Å². The van der Waals surface area contributed by atoms with E-state index in [0.717, 1.165) is 13.1 Å². The van der Waals surface area contributed by atoms with E-state index in [-0.39, 0.29) is 0 Å². The van der Waals surface area contributed by atoms with Crippen LogP contribution < -0.4 is 5.32 Å². The first-order chi connectivity index (χ1) is 8.78. The van der Waals surface area contributed by atoms with Crippen LogP contribution in [0, 0.1) is 0 Å². The van der Waals surface area contributed by atoms with Gasteiger partial charge in [0, 0.05) is 50.5 Å². The summed E-state index contributed by atoms with van der Waals surface area (Å²) in [4.78, 5) is 2.71. The van der Waals surface area contributed by atoms with Gasteiger partial charge in [0.05, 0.1) is 6.20 Å². The van der Waals surface area contributed by atoms with Crippen molar-refractivity contribution < 1.29 is 0 Å². The highest BCUT2D eigenvalue weighted by molar-refractivity contribution is 5.07. The molecule has 0 atom stereocenters. The number of piperazine rings is 1. The smallest absolute Gasteiger partial charge is 0.0534 e. The van der Waals surface area contributed by atoms with E-state index in [9.17, 15) is 0 Å². The molecule has 0 aromatic carbocycles. The van der Waals surface area contributed by atoms with E-state index >= 15 is 0 Å². The lowest BCUT2D eigenvalue weighted by atomic mass is 9.79. The molecule has 3 rings (SSSR count). The van der Waals surface area contributed by atoms with Crippen LogP contribution in [0.25, 0.3) is 0 Å². The third kappa shape index (κ3) is 2.31. The molecular formula is C14H24N4. The molecule has 2 fully saturated rings. The van der Waals surface area contributed by atoms with E-state index < -0.39 is 0 Å². The van der Waals surface area contributed by atoms with Crippen molar-refractivity contribution in [2.45, 2.75) is 44.2 Å². The summed E-state index contributed by atoms with van der Waals surface area (Å²) in [6.45, 7) is 4.54. The first-order valence-electron chi connectivity index (χ1n) is 7.22. The summed E-state index contributed by atoms with van der Waals surface area (Å²) in [7, 11) is 2.00. The fraction of sp³-hybridized carbons (Fsp3) is 0.786. The Kier molecular flexibility index (Phi) is 3.39. The molecule has 1 aliphatic heterocycles. The molecular weight excluding hydrogens is 224 g/mol. The first-order valence-corrected chi connectivity index (χ1v) is 7.22. The molecule has 4 nitrogen and oxygen atoms in total. The third-order valence-electron chi connectivity index (χ3n) is 4.60. The van der Waals surface area contributed by atoms with Crippen molar-refractivity contribution in [2.75, 3.05) is 19.6 Å². The van der Waals surface area contributed by atoms with Gasteiger partial charge >= 0.3 is 0 Å². The molecule has 0 unspecified atom stereocenters. The highest BCUT2D eigenvalue weighted by Crippen LogP contribution is 2.35. The number of aryl methyl sites for hydroxylation is 1. The number of hydrogen-bond donors (Lipinski definition) is 1. The second-order valence-corrected chi connectivity index (χ2v) is 5.91. The van der Waals surface area contributed by atoms with E-state index in [0.29, 0.717) is 5.54 Å². The molecule has 0 amide bonds. The largest absolute Gasteiger partial charge is 0.314 e. The van der Waals surface area contributed by atoms with E-state index in [1.165, 1.54) is 50.8 Å². The van der Waals surface area contributed by atoms with E-state index in [1.54, 1.807) is 0 Å². The van der Waals surface area contributed by atoms with E-state index in [1.807, 2.05) is 17.9 Å². The molecule has 1 saturated carbocycles. The van der Waals surface area contributed by atoms with Crippen molar-refractivity contribution in [1.29, 1.82) is 0 Å². The van der Waals surface area contributed by atoms with Crippen LogP contribution in [0.3, 0.4) is 0 Å². The number of nitrogens with one attached hydrogen (secondary N) is 1. The van der Waals surface area contributed by atoms with Gasteiger partial charge in [-0.25, -0.2) is 0 Å². The van der Waals surface area contributed by atoms with Crippen LogP contribution in [0.2, 0.25) is 0 Å². The lowest BCUT2D eigenvalue weighted by Crippen LogP contribution is -2.61. The van der Waals surface area contributed by atoms with Gasteiger partial charge in [-0.3, -0.25) is 9.58 Å². The Morgan fingerprint density at radius 1 is 1.33 bits per heavy atom. The standard InChI is InChI=1S/C14H24N4/c1-17-10-13(9-16-17)11-18-8-7-15-12-14(18)5-3-2-4-6-14/h9-10,15H,2-8,11-12H2,1H3. The van der Waals surface area contributed by atoms with Gasteiger partial charge in [-0.2, -0.15) is 5.10 Å². The fourth-order valence-electron chi connectivity index (χ4n) is 3.61. The van der Waals surface area contributed by atoms with E-state index in [4.69, 9.17) is 0 Å². The summed E-state index contributed by atoms with van der Waals surface area (Å²) >= 11 is 0. The number of rotatable bonds is 2. The predicted molar refractivity (Wildman–Crippen MR) is 72.3 cm³/mol. The van der Waals surface area contributed by atoms with Crippen molar-refractivity contribution >= 4 is 0 Å². The van der Waals surface area contributed by atoms with Crippen LogP contribution in [-0.2, 0) is 13.6 Å². The predicted octanol–water partition coefficient (Wildman–Crippen LogP) is 1.53. The minimum atomic E-state index is 0.423. The molecule has 1 aromatic rings. The molecule has 1 N–H and O–H groups in total. The Morgan fingerprint density at radius 3 is 2.89 bits per heavy atom. The van der Waals surface area contributed by atoms with Crippen molar-refractivity contribution in [1.82, 2.24) is 20.0 Å². The fourth-order valence-corrected chi connectivity index (χ4v) is 3.61. The molecule has 1 spiro atoms. The highest BCUT2D eigenvalue weighted by atomic mass is 15.3. The lowest BCUT2D eigenvalue weighted by Gasteiger charge is -2.49. The molecule has 1 aliphatic carbocycles. The van der Waals surface area contributed by atoms with Gasteiger partial charge in [0.2, 0.25) is 0 Å². The maximum absolute atomic E-state index is 4.29. The van der Waals surface area contributed by atoms with Crippen molar-refractivity contribution in [2.24, 2.45) is 7.05 Å². The van der Waals surface area contributed by atoms with Gasteiger partial charge in [0.25, 0.3) is 0 Å². The molecule has 2 aliphatic rings. The van der Waals surface area contributed by atoms with Crippen LogP contribution in [0.15, 0.2) is 12.4 Å². The van der Waals surface area contributed by atoms with Crippen LogP contribution >= 0.6 is 0 Å². The second kappa shape index (κ2) is 5.02. The van der Waals surface area contributed by atoms with Crippen molar-refractivity contribution in [3.8, 4) is 0 Å². The van der Waals surface area contributed by atoms with Gasteiger partial charge in [-0.05, 0) is 12.8 Å². The quantitative estimate of drug-likeness (QED) is 0.861. The van der Waals surface area contributed by atoms with Crippen LogP contribution in [-0.4, -0.2) is 39.9 Å².